The van der Waals surface area contributed by atoms with Gasteiger partial charge in [-0.25, -0.2) is 0 Å². The molecular weight excluding hydrogens is 280 g/mol. The summed E-state index contributed by atoms with van der Waals surface area (Å²) in [5, 5.41) is 18.3. The molecule has 8 heteroatoms. The first-order valence-electron chi connectivity index (χ1n) is 6.85. The Morgan fingerprint density at radius 3 is 3.20 bits per heavy atom. The molecule has 2 heterocycles. The summed E-state index contributed by atoms with van der Waals surface area (Å²) in [6.45, 7) is 1.71. The van der Waals surface area contributed by atoms with Gasteiger partial charge >= 0.3 is 0 Å². The van der Waals surface area contributed by atoms with Crippen molar-refractivity contribution < 1.29 is 14.4 Å². The Balaban J connectivity index is 1.69. The molecule has 1 fully saturated rings. The van der Waals surface area contributed by atoms with E-state index in [-0.39, 0.29) is 24.4 Å². The molecule has 0 aromatic carbocycles. The second-order valence-electron chi connectivity index (χ2n) is 4.55. The van der Waals surface area contributed by atoms with Crippen molar-refractivity contribution in [3.05, 3.63) is 11.7 Å². The van der Waals surface area contributed by atoms with Gasteiger partial charge in [-0.15, -0.1) is 0 Å². The summed E-state index contributed by atoms with van der Waals surface area (Å²) in [4.78, 5) is 15.9. The Morgan fingerprint density at radius 1 is 1.55 bits per heavy atom. The molecule has 1 aromatic heterocycles. The summed E-state index contributed by atoms with van der Waals surface area (Å²) in [7, 11) is 0. The highest BCUT2D eigenvalue weighted by molar-refractivity contribution is 7.99. The van der Waals surface area contributed by atoms with E-state index in [4.69, 9.17) is 9.63 Å². The van der Waals surface area contributed by atoms with Gasteiger partial charge in [-0.3, -0.25) is 4.79 Å². The van der Waals surface area contributed by atoms with Crippen molar-refractivity contribution in [3.8, 4) is 0 Å². The molecule has 1 atom stereocenters. The van der Waals surface area contributed by atoms with Crippen molar-refractivity contribution in [2.45, 2.75) is 25.3 Å². The molecule has 3 N–H and O–H groups in total. The molecule has 0 aliphatic carbocycles. The molecule has 0 saturated carbocycles. The minimum atomic E-state index is -0.305. The lowest BCUT2D eigenvalue weighted by atomic mass is 10.2. The lowest BCUT2D eigenvalue weighted by Gasteiger charge is -2.02. The normalized spacial score (nSPS) is 18.4. The van der Waals surface area contributed by atoms with Crippen LogP contribution in [0.4, 0.5) is 0 Å². The first-order valence-corrected chi connectivity index (χ1v) is 8.00. The van der Waals surface area contributed by atoms with Crippen LogP contribution in [0.25, 0.3) is 0 Å². The van der Waals surface area contributed by atoms with Gasteiger partial charge < -0.3 is 20.3 Å². The van der Waals surface area contributed by atoms with E-state index < -0.39 is 0 Å². The van der Waals surface area contributed by atoms with E-state index in [1.807, 2.05) is 0 Å². The second kappa shape index (κ2) is 8.23. The van der Waals surface area contributed by atoms with Crippen LogP contribution in [0.2, 0.25) is 0 Å². The van der Waals surface area contributed by atoms with E-state index in [2.05, 4.69) is 20.8 Å². The van der Waals surface area contributed by atoms with Gasteiger partial charge in [0.15, 0.2) is 0 Å². The molecule has 1 aromatic rings. The van der Waals surface area contributed by atoms with Crippen molar-refractivity contribution in [2.75, 3.05) is 31.2 Å². The largest absolute Gasteiger partial charge is 0.396 e. The molecule has 1 saturated heterocycles. The lowest BCUT2D eigenvalue weighted by molar-refractivity contribution is 0.0943. The number of amides is 1. The molecule has 0 spiro atoms. The predicted octanol–water partition coefficient (Wildman–Crippen LogP) is 0.339. The maximum atomic E-state index is 11.8. The van der Waals surface area contributed by atoms with Crippen LogP contribution in [-0.2, 0) is 0 Å². The quantitative estimate of drug-likeness (QED) is 0.595. The van der Waals surface area contributed by atoms with Gasteiger partial charge in [-0.2, -0.15) is 16.7 Å². The number of carbonyl (C=O) groups is 1. The number of aliphatic hydroxyl groups is 1. The molecule has 20 heavy (non-hydrogen) atoms. The Kier molecular flexibility index (Phi) is 6.28. The van der Waals surface area contributed by atoms with Gasteiger partial charge in [0, 0.05) is 18.9 Å². The number of carbonyl (C=O) groups excluding carboxylic acids is 1. The fraction of sp³-hybridized carbons (Fsp3) is 0.750. The predicted molar refractivity (Wildman–Crippen MR) is 75.6 cm³/mol. The van der Waals surface area contributed by atoms with Gasteiger partial charge in [0.25, 0.3) is 11.7 Å². The third kappa shape index (κ3) is 4.46. The number of aliphatic hydroxyl groups excluding tert-OH is 1. The molecule has 0 radical (unpaired) electrons. The molecule has 0 bridgehead atoms. The third-order valence-electron chi connectivity index (χ3n) is 2.98. The number of rotatable bonds is 8. The first-order chi connectivity index (χ1) is 9.81. The summed E-state index contributed by atoms with van der Waals surface area (Å²) in [6, 6.07) is 0.0816. The summed E-state index contributed by atoms with van der Waals surface area (Å²) in [6.07, 6.45) is 2.82. The highest BCUT2D eigenvalue weighted by Crippen LogP contribution is 2.20. The highest BCUT2D eigenvalue weighted by atomic mass is 32.2. The second-order valence-corrected chi connectivity index (χ2v) is 5.78. The van der Waals surface area contributed by atoms with Gasteiger partial charge in [0.1, 0.15) is 0 Å². The molecule has 1 aliphatic rings. The van der Waals surface area contributed by atoms with E-state index in [0.29, 0.717) is 12.4 Å². The number of nitrogens with zero attached hydrogens (tertiary/aromatic N) is 2. The van der Waals surface area contributed by atoms with E-state index in [0.717, 1.165) is 37.3 Å². The number of hydrogen-bond acceptors (Lipinski definition) is 7. The maximum absolute atomic E-state index is 11.8. The summed E-state index contributed by atoms with van der Waals surface area (Å²) in [5.74, 6) is 1.98. The minimum Gasteiger partial charge on any atom is -0.396 e. The van der Waals surface area contributed by atoms with Crippen molar-refractivity contribution in [1.82, 2.24) is 20.8 Å². The van der Waals surface area contributed by atoms with E-state index in [9.17, 15) is 4.79 Å². The van der Waals surface area contributed by atoms with Crippen LogP contribution in [0.3, 0.4) is 0 Å². The van der Waals surface area contributed by atoms with Gasteiger partial charge in [-0.1, -0.05) is 5.16 Å². The van der Waals surface area contributed by atoms with Crippen LogP contribution >= 0.6 is 11.8 Å². The van der Waals surface area contributed by atoms with Crippen molar-refractivity contribution >= 4 is 17.7 Å². The number of aromatic nitrogens is 2. The standard InChI is InChI=1S/C12H20N4O3S/c17-6-2-7-20-8-5-14-11(18)10-15-12(19-16-10)9-3-1-4-13-9/h9,13,17H,1-8H2,(H,14,18). The molecule has 2 rings (SSSR count). The molecule has 112 valence electrons. The van der Waals surface area contributed by atoms with E-state index >= 15 is 0 Å². The third-order valence-corrected chi connectivity index (χ3v) is 4.05. The zero-order valence-electron chi connectivity index (χ0n) is 11.3. The lowest BCUT2D eigenvalue weighted by Crippen LogP contribution is -2.27. The molecule has 1 amide bonds. The van der Waals surface area contributed by atoms with Crippen LogP contribution in [0.1, 0.15) is 41.8 Å². The summed E-state index contributed by atoms with van der Waals surface area (Å²) >= 11 is 1.69. The fourth-order valence-corrected chi connectivity index (χ4v) is 2.73. The monoisotopic (exact) mass is 300 g/mol. The Labute approximate surface area is 121 Å². The Morgan fingerprint density at radius 2 is 2.45 bits per heavy atom. The van der Waals surface area contributed by atoms with Crippen molar-refractivity contribution in [3.63, 3.8) is 0 Å². The van der Waals surface area contributed by atoms with Crippen molar-refractivity contribution in [1.29, 1.82) is 0 Å². The topological polar surface area (TPSA) is 100 Å². The van der Waals surface area contributed by atoms with Crippen LogP contribution in [0, 0.1) is 0 Å². The number of hydrogen-bond donors (Lipinski definition) is 3. The fourth-order valence-electron chi connectivity index (χ4n) is 1.95. The molecule has 1 unspecified atom stereocenters. The van der Waals surface area contributed by atoms with Crippen LogP contribution in [-0.4, -0.2) is 52.4 Å². The molecule has 1 aliphatic heterocycles. The van der Waals surface area contributed by atoms with Gasteiger partial charge in [0.05, 0.1) is 6.04 Å². The smallest absolute Gasteiger partial charge is 0.292 e. The van der Waals surface area contributed by atoms with Crippen LogP contribution < -0.4 is 10.6 Å². The van der Waals surface area contributed by atoms with Crippen LogP contribution in [0.5, 0.6) is 0 Å². The minimum absolute atomic E-state index is 0.0816. The van der Waals surface area contributed by atoms with Gasteiger partial charge in [-0.05, 0) is 31.6 Å². The Hall–Kier alpha value is -1.12. The average molecular weight is 300 g/mol. The van der Waals surface area contributed by atoms with Crippen LogP contribution in [0.15, 0.2) is 4.52 Å². The highest BCUT2D eigenvalue weighted by Gasteiger charge is 2.24. The molecule has 7 nitrogen and oxygen atoms in total. The zero-order valence-corrected chi connectivity index (χ0v) is 12.1. The number of nitrogens with one attached hydrogen (secondary N) is 2. The summed E-state index contributed by atoms with van der Waals surface area (Å²) < 4.78 is 5.11. The van der Waals surface area contributed by atoms with E-state index in [1.165, 1.54) is 0 Å². The molecular formula is C12H20N4O3S. The first kappa shape index (κ1) is 15.3. The summed E-state index contributed by atoms with van der Waals surface area (Å²) in [5.41, 5.74) is 0. The Bertz CT molecular complexity index is 421. The number of thioether (sulfide) groups is 1. The van der Waals surface area contributed by atoms with Gasteiger partial charge in [0.2, 0.25) is 5.89 Å². The maximum Gasteiger partial charge on any atom is 0.292 e. The average Bonchev–Trinajstić information content (AvgIpc) is 3.12. The van der Waals surface area contributed by atoms with Crippen molar-refractivity contribution in [2.24, 2.45) is 0 Å². The SMILES string of the molecule is O=C(NCCSCCCO)c1noc(C2CCCN2)n1. The zero-order chi connectivity index (χ0) is 14.2. The van der Waals surface area contributed by atoms with E-state index in [1.54, 1.807) is 11.8 Å².